The molecule has 2 fully saturated rings. The first kappa shape index (κ1) is 19.0. The second-order valence-electron chi connectivity index (χ2n) is 8.17. The van der Waals surface area contributed by atoms with E-state index in [1.807, 2.05) is 13.1 Å². The zero-order valence-electron chi connectivity index (χ0n) is 17.2. The summed E-state index contributed by atoms with van der Waals surface area (Å²) < 4.78 is 7.76. The Hall–Kier alpha value is -2.34. The van der Waals surface area contributed by atoms with Crippen LogP contribution in [0.25, 0.3) is 0 Å². The summed E-state index contributed by atoms with van der Waals surface area (Å²) in [6, 6.07) is 10.5. The van der Waals surface area contributed by atoms with Crippen LogP contribution in [0.5, 0.6) is 0 Å². The molecule has 3 heterocycles. The number of aryl methyl sites for hydroxylation is 1. The smallest absolute Gasteiger partial charge is 0.193 e. The van der Waals surface area contributed by atoms with Crippen LogP contribution in [0.4, 0.5) is 0 Å². The van der Waals surface area contributed by atoms with Crippen LogP contribution in [0, 0.1) is 19.3 Å². The van der Waals surface area contributed by atoms with Crippen LogP contribution < -0.4 is 5.32 Å². The number of hydrogen-bond acceptors (Lipinski definition) is 3. The van der Waals surface area contributed by atoms with Crippen LogP contribution in [-0.4, -0.2) is 54.0 Å². The minimum Gasteiger partial charge on any atom is -0.381 e. The molecule has 1 atom stereocenters. The number of aromatic nitrogens is 2. The van der Waals surface area contributed by atoms with Crippen molar-refractivity contribution < 1.29 is 4.74 Å². The van der Waals surface area contributed by atoms with Crippen molar-refractivity contribution in [3.8, 4) is 0 Å². The lowest BCUT2D eigenvalue weighted by molar-refractivity contribution is 0.156. The number of nitrogens with zero attached hydrogens (tertiary/aromatic N) is 4. The fourth-order valence-electron chi connectivity index (χ4n) is 4.49. The molecule has 4 rings (SSSR count). The Morgan fingerprint density at radius 1 is 1.25 bits per heavy atom. The summed E-state index contributed by atoms with van der Waals surface area (Å²) >= 11 is 0. The third-order valence-electron chi connectivity index (χ3n) is 6.26. The van der Waals surface area contributed by atoms with E-state index in [0.29, 0.717) is 5.41 Å². The molecule has 2 aromatic rings. The zero-order chi connectivity index (χ0) is 19.6. The third-order valence-corrected chi connectivity index (χ3v) is 6.26. The van der Waals surface area contributed by atoms with Gasteiger partial charge in [0.15, 0.2) is 5.96 Å². The SMILES string of the molecule is CN=C(NCc1c(C)nn(Cc2ccccc2)c1C)N1CCC2(CCOC2)C1. The average Bonchev–Trinajstić information content (AvgIpc) is 3.40. The average molecular weight is 382 g/mol. The van der Waals surface area contributed by atoms with Gasteiger partial charge < -0.3 is 15.0 Å². The molecule has 0 bridgehead atoms. The Morgan fingerprint density at radius 2 is 2.07 bits per heavy atom. The van der Waals surface area contributed by atoms with E-state index in [-0.39, 0.29) is 0 Å². The third kappa shape index (κ3) is 3.78. The van der Waals surface area contributed by atoms with Crippen molar-refractivity contribution in [2.24, 2.45) is 10.4 Å². The molecular formula is C22H31N5O. The van der Waals surface area contributed by atoms with E-state index < -0.39 is 0 Å². The number of rotatable bonds is 4. The highest BCUT2D eigenvalue weighted by Gasteiger charge is 2.42. The molecule has 2 aliphatic heterocycles. The molecule has 1 aromatic heterocycles. The monoisotopic (exact) mass is 381 g/mol. The highest BCUT2D eigenvalue weighted by molar-refractivity contribution is 5.80. The van der Waals surface area contributed by atoms with Crippen LogP contribution in [0.3, 0.4) is 0 Å². The van der Waals surface area contributed by atoms with E-state index in [9.17, 15) is 0 Å². The lowest BCUT2D eigenvalue weighted by atomic mass is 9.87. The van der Waals surface area contributed by atoms with Gasteiger partial charge in [0.2, 0.25) is 0 Å². The van der Waals surface area contributed by atoms with Crippen molar-refractivity contribution in [3.63, 3.8) is 0 Å². The van der Waals surface area contributed by atoms with Gasteiger partial charge >= 0.3 is 0 Å². The summed E-state index contributed by atoms with van der Waals surface area (Å²) in [5.74, 6) is 0.985. The highest BCUT2D eigenvalue weighted by atomic mass is 16.5. The topological polar surface area (TPSA) is 54.7 Å². The molecule has 0 aliphatic carbocycles. The molecule has 1 aromatic carbocycles. The Balaban J connectivity index is 1.41. The van der Waals surface area contributed by atoms with Crippen molar-refractivity contribution in [2.45, 2.75) is 39.8 Å². The molecule has 0 saturated carbocycles. The highest BCUT2D eigenvalue weighted by Crippen LogP contribution is 2.38. The number of hydrogen-bond donors (Lipinski definition) is 1. The molecule has 6 nitrogen and oxygen atoms in total. The molecule has 0 radical (unpaired) electrons. The van der Waals surface area contributed by atoms with Gasteiger partial charge in [0, 0.05) is 50.0 Å². The zero-order valence-corrected chi connectivity index (χ0v) is 17.2. The van der Waals surface area contributed by atoms with Gasteiger partial charge in [-0.25, -0.2) is 0 Å². The number of likely N-dealkylation sites (tertiary alicyclic amines) is 1. The van der Waals surface area contributed by atoms with Crippen LogP contribution >= 0.6 is 0 Å². The van der Waals surface area contributed by atoms with Crippen LogP contribution in [-0.2, 0) is 17.8 Å². The molecule has 28 heavy (non-hydrogen) atoms. The first-order valence-corrected chi connectivity index (χ1v) is 10.2. The molecule has 150 valence electrons. The Labute approximate surface area is 167 Å². The lowest BCUT2D eigenvalue weighted by Crippen LogP contribution is -2.41. The number of nitrogens with one attached hydrogen (secondary N) is 1. The Kier molecular flexibility index (Phi) is 5.40. The number of guanidine groups is 1. The minimum atomic E-state index is 0.337. The maximum atomic E-state index is 5.66. The van der Waals surface area contributed by atoms with Crippen molar-refractivity contribution in [1.29, 1.82) is 0 Å². The molecule has 6 heteroatoms. The summed E-state index contributed by atoms with van der Waals surface area (Å²) in [6.45, 7) is 9.68. The van der Waals surface area contributed by atoms with Crippen molar-refractivity contribution in [2.75, 3.05) is 33.4 Å². The largest absolute Gasteiger partial charge is 0.381 e. The molecule has 2 saturated heterocycles. The molecule has 2 aliphatic rings. The molecule has 1 spiro atoms. The van der Waals surface area contributed by atoms with Crippen molar-refractivity contribution >= 4 is 5.96 Å². The predicted octanol–water partition coefficient (Wildman–Crippen LogP) is 2.74. The second-order valence-corrected chi connectivity index (χ2v) is 8.17. The first-order valence-electron chi connectivity index (χ1n) is 10.2. The molecule has 0 amide bonds. The fraction of sp³-hybridized carbons (Fsp3) is 0.545. The Morgan fingerprint density at radius 3 is 2.79 bits per heavy atom. The van der Waals surface area contributed by atoms with Gasteiger partial charge in [-0.2, -0.15) is 5.10 Å². The predicted molar refractivity (Wildman–Crippen MR) is 112 cm³/mol. The number of ether oxygens (including phenoxy) is 1. The molecule has 1 N–H and O–H groups in total. The summed E-state index contributed by atoms with van der Waals surface area (Å²) in [5.41, 5.74) is 5.16. The number of aliphatic imine (C=N–C) groups is 1. The van der Waals surface area contributed by atoms with Gasteiger partial charge in [-0.3, -0.25) is 9.67 Å². The van der Waals surface area contributed by atoms with Crippen LogP contribution in [0.15, 0.2) is 35.3 Å². The van der Waals surface area contributed by atoms with E-state index in [1.165, 1.54) is 29.7 Å². The van der Waals surface area contributed by atoms with Gasteiger partial charge in [-0.05, 0) is 32.3 Å². The van der Waals surface area contributed by atoms with Crippen LogP contribution in [0.1, 0.15) is 35.4 Å². The van der Waals surface area contributed by atoms with Gasteiger partial charge in [0.05, 0.1) is 18.8 Å². The first-order chi connectivity index (χ1) is 13.6. The van der Waals surface area contributed by atoms with Gasteiger partial charge in [0.1, 0.15) is 0 Å². The summed E-state index contributed by atoms with van der Waals surface area (Å²) in [5, 5.41) is 8.35. The van der Waals surface area contributed by atoms with Crippen molar-refractivity contribution in [3.05, 3.63) is 52.8 Å². The normalized spacial score (nSPS) is 22.4. The maximum absolute atomic E-state index is 5.66. The number of benzene rings is 1. The van der Waals surface area contributed by atoms with Gasteiger partial charge in [0.25, 0.3) is 0 Å². The maximum Gasteiger partial charge on any atom is 0.193 e. The Bertz CT molecular complexity index is 836. The molecular weight excluding hydrogens is 350 g/mol. The fourth-order valence-corrected chi connectivity index (χ4v) is 4.49. The van der Waals surface area contributed by atoms with E-state index >= 15 is 0 Å². The summed E-state index contributed by atoms with van der Waals surface area (Å²) in [6.07, 6.45) is 2.37. The van der Waals surface area contributed by atoms with E-state index in [2.05, 4.69) is 58.0 Å². The van der Waals surface area contributed by atoms with Crippen molar-refractivity contribution in [1.82, 2.24) is 20.0 Å². The second kappa shape index (κ2) is 7.95. The van der Waals surface area contributed by atoms with E-state index in [0.717, 1.165) is 51.0 Å². The minimum absolute atomic E-state index is 0.337. The van der Waals surface area contributed by atoms with Gasteiger partial charge in [-0.1, -0.05) is 30.3 Å². The standard InChI is InChI=1S/C22H31N5O/c1-17-20(18(2)27(25-17)14-19-7-5-4-6-8-19)13-24-21(23-3)26-11-9-22(15-26)10-12-28-16-22/h4-8H,9-16H2,1-3H3,(H,23,24). The van der Waals surface area contributed by atoms with Gasteiger partial charge in [-0.15, -0.1) is 0 Å². The summed E-state index contributed by atoms with van der Waals surface area (Å²) in [4.78, 5) is 6.92. The van der Waals surface area contributed by atoms with E-state index in [1.54, 1.807) is 0 Å². The lowest BCUT2D eigenvalue weighted by Gasteiger charge is -2.25. The van der Waals surface area contributed by atoms with Crippen LogP contribution in [0.2, 0.25) is 0 Å². The molecule has 1 unspecified atom stereocenters. The van der Waals surface area contributed by atoms with E-state index in [4.69, 9.17) is 9.84 Å². The summed E-state index contributed by atoms with van der Waals surface area (Å²) in [7, 11) is 1.87. The quantitative estimate of drug-likeness (QED) is 0.654.